The van der Waals surface area contributed by atoms with Gasteiger partial charge in [0.1, 0.15) is 17.5 Å². The van der Waals surface area contributed by atoms with Gasteiger partial charge in [0, 0.05) is 13.3 Å². The summed E-state index contributed by atoms with van der Waals surface area (Å²) in [6.07, 6.45) is 0.0961. The first-order valence-electron chi connectivity index (χ1n) is 10.9. The van der Waals surface area contributed by atoms with Crippen molar-refractivity contribution in [2.24, 2.45) is 0 Å². The second-order valence-electron chi connectivity index (χ2n) is 7.60. The number of Topliss-reactive ketones (excluding diaryl/α,β-unsaturated/α-hetero) is 1. The first-order chi connectivity index (χ1) is 16.5. The van der Waals surface area contributed by atoms with Crippen LogP contribution in [0.4, 0.5) is 0 Å². The molecule has 1 N–H and O–H groups in total. The average molecular weight is 462 g/mol. The highest BCUT2D eigenvalue weighted by Crippen LogP contribution is 2.21. The fourth-order valence-electron chi connectivity index (χ4n) is 3.11. The number of ether oxygens (including phenoxy) is 3. The van der Waals surface area contributed by atoms with Gasteiger partial charge in [0.25, 0.3) is 5.91 Å². The molecule has 3 aromatic carbocycles. The van der Waals surface area contributed by atoms with Gasteiger partial charge in [0.15, 0.2) is 12.4 Å². The number of carbonyl (C=O) groups excluding carboxylic acids is 3. The first kappa shape index (κ1) is 24.7. The maximum Gasteiger partial charge on any atom is 0.303 e. The van der Waals surface area contributed by atoms with Crippen molar-refractivity contribution in [3.63, 3.8) is 0 Å². The Balaban J connectivity index is 1.59. The minimum atomic E-state index is -0.882. The summed E-state index contributed by atoms with van der Waals surface area (Å²) in [7, 11) is 0. The molecule has 0 aliphatic heterocycles. The second kappa shape index (κ2) is 12.9. The minimum Gasteiger partial charge on any atom is -0.457 e. The van der Waals surface area contributed by atoms with Crippen LogP contribution in [0.15, 0.2) is 84.9 Å². The molecule has 0 saturated carbocycles. The Labute approximate surface area is 198 Å². The largest absolute Gasteiger partial charge is 0.457 e. The third kappa shape index (κ3) is 8.52. The molecule has 0 bridgehead atoms. The predicted molar refractivity (Wildman–Crippen MR) is 126 cm³/mol. The summed E-state index contributed by atoms with van der Waals surface area (Å²) in [5, 5.41) is 2.61. The molecule has 0 spiro atoms. The van der Waals surface area contributed by atoms with E-state index in [1.54, 1.807) is 24.3 Å². The highest BCUT2D eigenvalue weighted by Gasteiger charge is 2.22. The van der Waals surface area contributed by atoms with E-state index >= 15 is 0 Å². The quantitative estimate of drug-likeness (QED) is 0.412. The van der Waals surface area contributed by atoms with E-state index in [4.69, 9.17) is 14.2 Å². The maximum absolute atomic E-state index is 13.0. The number of para-hydroxylation sites is 1. The van der Waals surface area contributed by atoms with E-state index < -0.39 is 24.5 Å². The lowest BCUT2D eigenvalue weighted by Crippen LogP contribution is -2.46. The van der Waals surface area contributed by atoms with Gasteiger partial charge in [-0.1, -0.05) is 60.7 Å². The fourth-order valence-corrected chi connectivity index (χ4v) is 3.11. The number of carbonyl (C=O) groups is 3. The standard InChI is InChI=1S/C27H27NO6/c1-20(29)33-19-27(31)28-25(18-32-17-22-8-4-2-5-9-22)26(30)16-21-12-14-24(15-13-21)34-23-10-6-3-7-11-23/h2-15,25H,16-19H2,1H3,(H,28,31). The van der Waals surface area contributed by atoms with Gasteiger partial charge < -0.3 is 19.5 Å². The molecule has 34 heavy (non-hydrogen) atoms. The Hall–Kier alpha value is -3.97. The summed E-state index contributed by atoms with van der Waals surface area (Å²) in [5.41, 5.74) is 1.72. The van der Waals surface area contributed by atoms with Crippen molar-refractivity contribution < 1.29 is 28.6 Å². The summed E-state index contributed by atoms with van der Waals surface area (Å²) in [5.74, 6) is 0.0119. The molecule has 1 atom stereocenters. The topological polar surface area (TPSA) is 90.9 Å². The molecule has 0 saturated heterocycles. The summed E-state index contributed by atoms with van der Waals surface area (Å²) < 4.78 is 16.2. The molecular weight excluding hydrogens is 434 g/mol. The second-order valence-corrected chi connectivity index (χ2v) is 7.60. The van der Waals surface area contributed by atoms with E-state index in [1.165, 1.54) is 6.92 Å². The van der Waals surface area contributed by atoms with Crippen LogP contribution >= 0.6 is 0 Å². The van der Waals surface area contributed by atoms with Gasteiger partial charge in [0.05, 0.1) is 13.2 Å². The van der Waals surface area contributed by atoms with Crippen LogP contribution in [0.3, 0.4) is 0 Å². The van der Waals surface area contributed by atoms with Gasteiger partial charge in [0.2, 0.25) is 0 Å². The van der Waals surface area contributed by atoms with E-state index in [0.29, 0.717) is 12.4 Å². The van der Waals surface area contributed by atoms with Crippen molar-refractivity contribution in [1.29, 1.82) is 0 Å². The van der Waals surface area contributed by atoms with Gasteiger partial charge in [-0.25, -0.2) is 0 Å². The molecule has 7 heteroatoms. The number of esters is 1. The van der Waals surface area contributed by atoms with Gasteiger partial charge in [-0.15, -0.1) is 0 Å². The Bertz CT molecular complexity index is 1070. The van der Waals surface area contributed by atoms with E-state index in [0.717, 1.165) is 16.9 Å². The zero-order valence-electron chi connectivity index (χ0n) is 18.9. The average Bonchev–Trinajstić information content (AvgIpc) is 2.84. The van der Waals surface area contributed by atoms with Crippen molar-refractivity contribution in [2.45, 2.75) is 26.0 Å². The van der Waals surface area contributed by atoms with Crippen LogP contribution in [-0.2, 0) is 36.9 Å². The minimum absolute atomic E-state index is 0.00522. The molecule has 0 heterocycles. The van der Waals surface area contributed by atoms with Crippen LogP contribution in [0.5, 0.6) is 11.5 Å². The van der Waals surface area contributed by atoms with Gasteiger partial charge in [-0.3, -0.25) is 14.4 Å². The molecule has 0 aliphatic rings. The maximum atomic E-state index is 13.0. The Morgan fingerprint density at radius 3 is 2.06 bits per heavy atom. The first-order valence-corrected chi connectivity index (χ1v) is 10.9. The van der Waals surface area contributed by atoms with Crippen molar-refractivity contribution in [3.05, 3.63) is 96.1 Å². The summed E-state index contributed by atoms with van der Waals surface area (Å²) in [6, 6.07) is 25.2. The lowest BCUT2D eigenvalue weighted by Gasteiger charge is -2.18. The van der Waals surface area contributed by atoms with E-state index in [-0.39, 0.29) is 18.8 Å². The molecule has 0 fully saturated rings. The van der Waals surface area contributed by atoms with Crippen molar-refractivity contribution in [2.75, 3.05) is 13.2 Å². The van der Waals surface area contributed by atoms with Crippen molar-refractivity contribution in [1.82, 2.24) is 5.32 Å². The summed E-state index contributed by atoms with van der Waals surface area (Å²) in [6.45, 7) is 1.05. The molecule has 176 valence electrons. The number of amides is 1. The van der Waals surface area contributed by atoms with E-state index in [1.807, 2.05) is 60.7 Å². The molecule has 0 radical (unpaired) electrons. The van der Waals surface area contributed by atoms with Crippen LogP contribution in [0.1, 0.15) is 18.1 Å². The van der Waals surface area contributed by atoms with Crippen LogP contribution < -0.4 is 10.1 Å². The van der Waals surface area contributed by atoms with Gasteiger partial charge >= 0.3 is 5.97 Å². The third-order valence-electron chi connectivity index (χ3n) is 4.81. The lowest BCUT2D eigenvalue weighted by molar-refractivity contribution is -0.147. The Kier molecular flexibility index (Phi) is 9.37. The normalized spacial score (nSPS) is 11.3. The van der Waals surface area contributed by atoms with Crippen LogP contribution in [-0.4, -0.2) is 36.9 Å². The molecular formula is C27H27NO6. The molecule has 3 aromatic rings. The number of benzene rings is 3. The van der Waals surface area contributed by atoms with Crippen LogP contribution in [0.2, 0.25) is 0 Å². The van der Waals surface area contributed by atoms with Crippen molar-refractivity contribution >= 4 is 17.7 Å². The SMILES string of the molecule is CC(=O)OCC(=O)NC(COCc1ccccc1)C(=O)Cc1ccc(Oc2ccccc2)cc1. The summed E-state index contributed by atoms with van der Waals surface area (Å²) >= 11 is 0. The molecule has 0 aliphatic carbocycles. The van der Waals surface area contributed by atoms with E-state index in [2.05, 4.69) is 5.32 Å². The van der Waals surface area contributed by atoms with E-state index in [9.17, 15) is 14.4 Å². The van der Waals surface area contributed by atoms with Crippen LogP contribution in [0.25, 0.3) is 0 Å². The molecule has 7 nitrogen and oxygen atoms in total. The Morgan fingerprint density at radius 2 is 1.41 bits per heavy atom. The zero-order valence-corrected chi connectivity index (χ0v) is 18.9. The van der Waals surface area contributed by atoms with Gasteiger partial charge in [-0.2, -0.15) is 0 Å². The highest BCUT2D eigenvalue weighted by atomic mass is 16.5. The van der Waals surface area contributed by atoms with Crippen LogP contribution in [0, 0.1) is 0 Å². The summed E-state index contributed by atoms with van der Waals surface area (Å²) in [4.78, 5) is 36.1. The molecule has 1 amide bonds. The number of hydrogen-bond acceptors (Lipinski definition) is 6. The fraction of sp³-hybridized carbons (Fsp3) is 0.222. The number of ketones is 1. The molecule has 3 rings (SSSR count). The Morgan fingerprint density at radius 1 is 0.794 bits per heavy atom. The monoisotopic (exact) mass is 461 g/mol. The lowest BCUT2D eigenvalue weighted by atomic mass is 10.0. The third-order valence-corrected chi connectivity index (χ3v) is 4.81. The number of hydrogen-bond donors (Lipinski definition) is 1. The number of nitrogens with one attached hydrogen (secondary N) is 1. The van der Waals surface area contributed by atoms with Crippen molar-refractivity contribution in [3.8, 4) is 11.5 Å². The number of rotatable bonds is 12. The zero-order chi connectivity index (χ0) is 24.2. The highest BCUT2D eigenvalue weighted by molar-refractivity contribution is 5.91. The molecule has 1 unspecified atom stereocenters. The molecule has 0 aromatic heterocycles. The van der Waals surface area contributed by atoms with Gasteiger partial charge in [-0.05, 0) is 35.4 Å². The predicted octanol–water partition coefficient (Wildman–Crippen LogP) is 3.86. The smallest absolute Gasteiger partial charge is 0.303 e.